The van der Waals surface area contributed by atoms with Gasteiger partial charge in [0.15, 0.2) is 0 Å². The number of carbonyl (C=O) groups excluding carboxylic acids is 1. The average Bonchev–Trinajstić information content (AvgIpc) is 2.69. The summed E-state index contributed by atoms with van der Waals surface area (Å²) in [6.45, 7) is 1.94. The molecule has 0 aliphatic heterocycles. The van der Waals surface area contributed by atoms with Crippen molar-refractivity contribution in [2.45, 2.75) is 19.8 Å². The number of pyridine rings is 1. The third kappa shape index (κ3) is 5.31. The van der Waals surface area contributed by atoms with E-state index in [1.54, 1.807) is 19.5 Å². The molecule has 0 bridgehead atoms. The Bertz CT molecular complexity index is 910. The predicted molar refractivity (Wildman–Crippen MR) is 105 cm³/mol. The zero-order chi connectivity index (χ0) is 19.1. The molecule has 5 nitrogen and oxygen atoms in total. The molecule has 0 spiro atoms. The number of hydrogen-bond acceptors (Lipinski definition) is 4. The van der Waals surface area contributed by atoms with Gasteiger partial charge in [-0.1, -0.05) is 12.1 Å². The van der Waals surface area contributed by atoms with Gasteiger partial charge in [-0.15, -0.1) is 0 Å². The number of amides is 1. The molecule has 0 aliphatic carbocycles. The highest BCUT2D eigenvalue weighted by molar-refractivity contribution is 5.91. The van der Waals surface area contributed by atoms with Crippen molar-refractivity contribution >= 4 is 11.6 Å². The number of carbonyl (C=O) groups is 1. The molecule has 0 saturated carbocycles. The number of benzene rings is 2. The van der Waals surface area contributed by atoms with E-state index in [0.29, 0.717) is 18.6 Å². The fraction of sp³-hybridized carbons (Fsp3) is 0.182. The van der Waals surface area contributed by atoms with Gasteiger partial charge >= 0.3 is 0 Å². The molecule has 0 saturated heterocycles. The maximum atomic E-state index is 12.2. The van der Waals surface area contributed by atoms with E-state index in [9.17, 15) is 4.79 Å². The van der Waals surface area contributed by atoms with E-state index >= 15 is 0 Å². The summed E-state index contributed by atoms with van der Waals surface area (Å²) in [5.41, 5.74) is 2.76. The quantitative estimate of drug-likeness (QED) is 0.658. The fourth-order valence-electron chi connectivity index (χ4n) is 2.69. The van der Waals surface area contributed by atoms with Crippen LogP contribution in [-0.2, 0) is 11.2 Å². The Balaban J connectivity index is 1.57. The van der Waals surface area contributed by atoms with Crippen molar-refractivity contribution in [2.24, 2.45) is 0 Å². The van der Waals surface area contributed by atoms with Gasteiger partial charge in [-0.2, -0.15) is 0 Å². The van der Waals surface area contributed by atoms with E-state index in [1.165, 1.54) is 0 Å². The van der Waals surface area contributed by atoms with Crippen LogP contribution in [0.15, 0.2) is 67.0 Å². The number of hydrogen-bond donors (Lipinski definition) is 1. The number of methoxy groups -OCH3 is 1. The van der Waals surface area contributed by atoms with Gasteiger partial charge in [0, 0.05) is 18.3 Å². The van der Waals surface area contributed by atoms with E-state index in [2.05, 4.69) is 10.3 Å². The second-order valence-corrected chi connectivity index (χ2v) is 6.17. The van der Waals surface area contributed by atoms with E-state index < -0.39 is 0 Å². The molecule has 1 heterocycles. The number of rotatable bonds is 7. The Morgan fingerprint density at radius 2 is 1.93 bits per heavy atom. The van der Waals surface area contributed by atoms with E-state index in [0.717, 1.165) is 28.3 Å². The minimum absolute atomic E-state index is 0.0295. The molecule has 1 N–H and O–H groups in total. The van der Waals surface area contributed by atoms with Crippen molar-refractivity contribution in [1.29, 1.82) is 0 Å². The maximum absolute atomic E-state index is 12.2. The van der Waals surface area contributed by atoms with Crippen LogP contribution in [-0.4, -0.2) is 18.0 Å². The SMILES string of the molecule is COc1cccc(CCC(=O)Nc2ccc(Oc3cccnc3)c(C)c2)c1. The highest BCUT2D eigenvalue weighted by Gasteiger charge is 2.07. The highest BCUT2D eigenvalue weighted by atomic mass is 16.5. The predicted octanol–water partition coefficient (Wildman–Crippen LogP) is 4.76. The summed E-state index contributed by atoms with van der Waals surface area (Å²) < 4.78 is 11.0. The van der Waals surface area contributed by atoms with Crippen LogP contribution in [0.3, 0.4) is 0 Å². The van der Waals surface area contributed by atoms with Gasteiger partial charge in [-0.05, 0) is 66.9 Å². The Morgan fingerprint density at radius 1 is 1.07 bits per heavy atom. The van der Waals surface area contributed by atoms with E-state index in [1.807, 2.05) is 61.5 Å². The van der Waals surface area contributed by atoms with Crippen LogP contribution < -0.4 is 14.8 Å². The lowest BCUT2D eigenvalue weighted by Crippen LogP contribution is -2.12. The van der Waals surface area contributed by atoms with Crippen molar-refractivity contribution in [3.63, 3.8) is 0 Å². The summed E-state index contributed by atoms with van der Waals surface area (Å²) >= 11 is 0. The number of ether oxygens (including phenoxy) is 2. The van der Waals surface area contributed by atoms with Gasteiger partial charge in [-0.3, -0.25) is 9.78 Å². The fourth-order valence-corrected chi connectivity index (χ4v) is 2.69. The second-order valence-electron chi connectivity index (χ2n) is 6.17. The molecule has 2 aromatic carbocycles. The number of aromatic nitrogens is 1. The van der Waals surface area contributed by atoms with E-state index in [-0.39, 0.29) is 5.91 Å². The lowest BCUT2D eigenvalue weighted by atomic mass is 10.1. The molecule has 0 unspecified atom stereocenters. The monoisotopic (exact) mass is 362 g/mol. The minimum atomic E-state index is -0.0295. The largest absolute Gasteiger partial charge is 0.497 e. The summed E-state index contributed by atoms with van der Waals surface area (Å²) in [5.74, 6) is 2.18. The van der Waals surface area contributed by atoms with Gasteiger partial charge < -0.3 is 14.8 Å². The smallest absolute Gasteiger partial charge is 0.224 e. The number of anilines is 1. The summed E-state index contributed by atoms with van der Waals surface area (Å²) in [6.07, 6.45) is 4.42. The molecule has 1 amide bonds. The van der Waals surface area contributed by atoms with Crippen LogP contribution in [0.5, 0.6) is 17.2 Å². The summed E-state index contributed by atoms with van der Waals surface area (Å²) in [7, 11) is 1.63. The number of aryl methyl sites for hydroxylation is 2. The normalized spacial score (nSPS) is 10.3. The summed E-state index contributed by atoms with van der Waals surface area (Å²) in [4.78, 5) is 16.3. The van der Waals surface area contributed by atoms with Crippen molar-refractivity contribution < 1.29 is 14.3 Å². The molecule has 5 heteroatoms. The first-order chi connectivity index (χ1) is 13.1. The second kappa shape index (κ2) is 8.85. The van der Waals surface area contributed by atoms with Crippen molar-refractivity contribution in [2.75, 3.05) is 12.4 Å². The standard InChI is InChI=1S/C22H22N2O3/c1-16-13-18(9-10-21(16)27-20-7-4-12-23-15-20)24-22(25)11-8-17-5-3-6-19(14-17)26-2/h3-7,9-10,12-15H,8,11H2,1-2H3,(H,24,25). The molecule has 138 valence electrons. The zero-order valence-corrected chi connectivity index (χ0v) is 15.4. The first-order valence-electron chi connectivity index (χ1n) is 8.75. The Labute approximate surface area is 159 Å². The molecule has 0 atom stereocenters. The molecular weight excluding hydrogens is 340 g/mol. The Kier molecular flexibility index (Phi) is 6.05. The summed E-state index contributed by atoms with van der Waals surface area (Å²) in [5, 5.41) is 2.93. The molecular formula is C22H22N2O3. The van der Waals surface area contributed by atoms with Crippen LogP contribution in [0.4, 0.5) is 5.69 Å². The first kappa shape index (κ1) is 18.5. The molecule has 0 fully saturated rings. The highest BCUT2D eigenvalue weighted by Crippen LogP contribution is 2.27. The van der Waals surface area contributed by atoms with Crippen LogP contribution in [0.2, 0.25) is 0 Å². The molecule has 3 aromatic rings. The molecule has 3 rings (SSSR count). The lowest BCUT2D eigenvalue weighted by molar-refractivity contribution is -0.116. The van der Waals surface area contributed by atoms with Crippen molar-refractivity contribution in [1.82, 2.24) is 4.98 Å². The van der Waals surface area contributed by atoms with Crippen LogP contribution in [0.1, 0.15) is 17.5 Å². The van der Waals surface area contributed by atoms with Crippen LogP contribution >= 0.6 is 0 Å². The van der Waals surface area contributed by atoms with Gasteiger partial charge in [0.25, 0.3) is 0 Å². The molecule has 0 aliphatic rings. The van der Waals surface area contributed by atoms with Gasteiger partial charge in [0.05, 0.1) is 13.3 Å². The average molecular weight is 362 g/mol. The van der Waals surface area contributed by atoms with Crippen molar-refractivity contribution in [3.8, 4) is 17.2 Å². The first-order valence-corrected chi connectivity index (χ1v) is 8.75. The van der Waals surface area contributed by atoms with E-state index in [4.69, 9.17) is 9.47 Å². The third-order valence-electron chi connectivity index (χ3n) is 4.10. The summed E-state index contributed by atoms with van der Waals surface area (Å²) in [6, 6.07) is 17.0. The van der Waals surface area contributed by atoms with Crippen molar-refractivity contribution in [3.05, 3.63) is 78.1 Å². The van der Waals surface area contributed by atoms with Gasteiger partial charge in [-0.25, -0.2) is 0 Å². The van der Waals surface area contributed by atoms with Gasteiger partial charge in [0.2, 0.25) is 5.91 Å². The molecule has 27 heavy (non-hydrogen) atoms. The lowest BCUT2D eigenvalue weighted by Gasteiger charge is -2.11. The molecule has 1 aromatic heterocycles. The topological polar surface area (TPSA) is 60.5 Å². The zero-order valence-electron chi connectivity index (χ0n) is 15.4. The van der Waals surface area contributed by atoms with Gasteiger partial charge in [0.1, 0.15) is 17.2 Å². The molecule has 0 radical (unpaired) electrons. The third-order valence-corrected chi connectivity index (χ3v) is 4.10. The Morgan fingerprint density at radius 3 is 2.67 bits per heavy atom. The van der Waals surface area contributed by atoms with Crippen LogP contribution in [0, 0.1) is 6.92 Å². The number of nitrogens with zero attached hydrogens (tertiary/aromatic N) is 1. The maximum Gasteiger partial charge on any atom is 0.224 e. The Hall–Kier alpha value is -3.34. The van der Waals surface area contributed by atoms with Crippen LogP contribution in [0.25, 0.3) is 0 Å². The number of nitrogens with one attached hydrogen (secondary N) is 1. The minimum Gasteiger partial charge on any atom is -0.497 e.